The maximum absolute atomic E-state index is 4.25. The molecule has 0 bridgehead atoms. The fourth-order valence-corrected chi connectivity index (χ4v) is 2.27. The number of rotatable bonds is 5. The van der Waals surface area contributed by atoms with Crippen LogP contribution >= 0.6 is 0 Å². The highest BCUT2D eigenvalue weighted by Gasteiger charge is 2.05. The summed E-state index contributed by atoms with van der Waals surface area (Å²) in [5, 5.41) is 11.9. The van der Waals surface area contributed by atoms with Gasteiger partial charge in [-0.1, -0.05) is 36.4 Å². The van der Waals surface area contributed by atoms with Crippen molar-refractivity contribution in [2.45, 2.75) is 19.9 Å². The van der Waals surface area contributed by atoms with Gasteiger partial charge in [-0.2, -0.15) is 0 Å². The largest absolute Gasteiger partial charge is 0.313 e. The number of nitrogens with one attached hydrogen (secondary N) is 1. The van der Waals surface area contributed by atoms with Gasteiger partial charge in [0, 0.05) is 6.54 Å². The molecule has 3 aromatic rings. The highest BCUT2D eigenvalue weighted by molar-refractivity contribution is 5.75. The molecule has 0 fully saturated rings. The number of hydrogen-bond acceptors (Lipinski definition) is 3. The summed E-state index contributed by atoms with van der Waals surface area (Å²) in [6.45, 7) is 4.09. The lowest BCUT2D eigenvalue weighted by Gasteiger charge is -2.07. The third kappa shape index (κ3) is 2.56. The van der Waals surface area contributed by atoms with E-state index in [4.69, 9.17) is 0 Å². The molecule has 20 heavy (non-hydrogen) atoms. The molecule has 0 unspecified atom stereocenters. The molecule has 1 heterocycles. The molecule has 0 saturated heterocycles. The molecule has 1 aromatic heterocycles. The summed E-state index contributed by atoms with van der Waals surface area (Å²) < 4.78 is 1.89. The molecule has 0 saturated carbocycles. The lowest BCUT2D eigenvalue weighted by atomic mass is 10.2. The van der Waals surface area contributed by atoms with Gasteiger partial charge in [0.1, 0.15) is 5.52 Å². The average molecular weight is 266 g/mol. The van der Waals surface area contributed by atoms with Crippen LogP contribution in [0.25, 0.3) is 16.7 Å². The van der Waals surface area contributed by atoms with Crippen LogP contribution in [-0.2, 0) is 6.54 Å². The third-order valence-corrected chi connectivity index (χ3v) is 3.26. The summed E-state index contributed by atoms with van der Waals surface area (Å²) in [6, 6.07) is 16.4. The summed E-state index contributed by atoms with van der Waals surface area (Å²) in [4.78, 5) is 0. The maximum Gasteiger partial charge on any atom is 0.113 e. The van der Waals surface area contributed by atoms with Crippen molar-refractivity contribution in [3.8, 4) is 5.69 Å². The fraction of sp³-hybridized carbons (Fsp3) is 0.250. The number of nitrogens with zero attached hydrogens (tertiary/aromatic N) is 3. The van der Waals surface area contributed by atoms with Gasteiger partial charge in [-0.25, -0.2) is 4.68 Å². The summed E-state index contributed by atoms with van der Waals surface area (Å²) in [6.07, 6.45) is 1.15. The van der Waals surface area contributed by atoms with Crippen LogP contribution in [0.1, 0.15) is 18.9 Å². The molecule has 0 spiro atoms. The summed E-state index contributed by atoms with van der Waals surface area (Å²) >= 11 is 0. The molecule has 4 heteroatoms. The van der Waals surface area contributed by atoms with E-state index in [0.29, 0.717) is 0 Å². The first-order valence-corrected chi connectivity index (χ1v) is 6.99. The molecule has 0 aliphatic rings. The number of aromatic nitrogens is 3. The summed E-state index contributed by atoms with van der Waals surface area (Å²) in [7, 11) is 0. The van der Waals surface area contributed by atoms with Crippen LogP contribution in [0.15, 0.2) is 48.5 Å². The molecule has 0 aliphatic heterocycles. The van der Waals surface area contributed by atoms with Crippen molar-refractivity contribution in [3.63, 3.8) is 0 Å². The van der Waals surface area contributed by atoms with Gasteiger partial charge < -0.3 is 5.32 Å². The van der Waals surface area contributed by atoms with Crippen molar-refractivity contribution < 1.29 is 0 Å². The van der Waals surface area contributed by atoms with Crippen LogP contribution in [0.3, 0.4) is 0 Å². The third-order valence-electron chi connectivity index (χ3n) is 3.26. The Balaban J connectivity index is 1.92. The van der Waals surface area contributed by atoms with Crippen LogP contribution < -0.4 is 5.32 Å². The van der Waals surface area contributed by atoms with Crippen molar-refractivity contribution in [2.24, 2.45) is 0 Å². The van der Waals surface area contributed by atoms with E-state index in [1.54, 1.807) is 0 Å². The van der Waals surface area contributed by atoms with Crippen molar-refractivity contribution in [2.75, 3.05) is 6.54 Å². The van der Waals surface area contributed by atoms with Gasteiger partial charge >= 0.3 is 0 Å². The zero-order valence-electron chi connectivity index (χ0n) is 11.6. The number of fused-ring (bicyclic) bond motifs is 1. The van der Waals surface area contributed by atoms with Gasteiger partial charge in [0.25, 0.3) is 0 Å². The minimum atomic E-state index is 0.883. The molecule has 102 valence electrons. The molecule has 0 atom stereocenters. The van der Waals surface area contributed by atoms with Crippen LogP contribution in [0.5, 0.6) is 0 Å². The summed E-state index contributed by atoms with van der Waals surface area (Å²) in [5.41, 5.74) is 4.26. The van der Waals surface area contributed by atoms with Crippen LogP contribution in [0.4, 0.5) is 0 Å². The second-order valence-electron chi connectivity index (χ2n) is 4.84. The number of hydrogen-bond donors (Lipinski definition) is 1. The van der Waals surface area contributed by atoms with Gasteiger partial charge in [-0.05, 0) is 42.8 Å². The minimum absolute atomic E-state index is 0.883. The lowest BCUT2D eigenvalue weighted by molar-refractivity contribution is 0.674. The Morgan fingerprint density at radius 3 is 2.90 bits per heavy atom. The van der Waals surface area contributed by atoms with Gasteiger partial charge in [-0.15, -0.1) is 5.10 Å². The smallest absolute Gasteiger partial charge is 0.113 e. The van der Waals surface area contributed by atoms with E-state index in [1.807, 2.05) is 28.9 Å². The Labute approximate surface area is 118 Å². The molecular formula is C16H18N4. The molecule has 2 aromatic carbocycles. The molecule has 3 rings (SSSR count). The molecule has 1 N–H and O–H groups in total. The van der Waals surface area contributed by atoms with Gasteiger partial charge in [0.2, 0.25) is 0 Å². The van der Waals surface area contributed by atoms with Crippen LogP contribution in [0, 0.1) is 0 Å². The lowest BCUT2D eigenvalue weighted by Crippen LogP contribution is -2.13. The van der Waals surface area contributed by atoms with E-state index < -0.39 is 0 Å². The molecular weight excluding hydrogens is 248 g/mol. The first-order chi connectivity index (χ1) is 9.88. The Bertz CT molecular complexity index is 702. The van der Waals surface area contributed by atoms with E-state index in [2.05, 4.69) is 46.8 Å². The minimum Gasteiger partial charge on any atom is -0.313 e. The normalized spacial score (nSPS) is 11.1. The first-order valence-electron chi connectivity index (χ1n) is 6.99. The van der Waals surface area contributed by atoms with E-state index >= 15 is 0 Å². The van der Waals surface area contributed by atoms with Crippen molar-refractivity contribution >= 4 is 11.0 Å². The highest BCUT2D eigenvalue weighted by atomic mass is 15.4. The van der Waals surface area contributed by atoms with Gasteiger partial charge in [0.05, 0.1) is 11.2 Å². The second-order valence-corrected chi connectivity index (χ2v) is 4.84. The SMILES string of the molecule is CCCNCc1cccc(-n2nnc3ccccc32)c1. The molecule has 4 nitrogen and oxygen atoms in total. The zero-order valence-corrected chi connectivity index (χ0v) is 11.6. The predicted octanol–water partition coefficient (Wildman–Crippen LogP) is 2.92. The van der Waals surface area contributed by atoms with Gasteiger partial charge in [0.15, 0.2) is 0 Å². The predicted molar refractivity (Wildman–Crippen MR) is 80.9 cm³/mol. The highest BCUT2D eigenvalue weighted by Crippen LogP contribution is 2.16. The van der Waals surface area contributed by atoms with E-state index in [-0.39, 0.29) is 0 Å². The van der Waals surface area contributed by atoms with Gasteiger partial charge in [-0.3, -0.25) is 0 Å². The quantitative estimate of drug-likeness (QED) is 0.722. The monoisotopic (exact) mass is 266 g/mol. The summed E-state index contributed by atoms with van der Waals surface area (Å²) in [5.74, 6) is 0. The Morgan fingerprint density at radius 1 is 1.10 bits per heavy atom. The molecule has 0 radical (unpaired) electrons. The number of para-hydroxylation sites is 1. The number of benzene rings is 2. The van der Waals surface area contributed by atoms with E-state index in [9.17, 15) is 0 Å². The molecule has 0 aliphatic carbocycles. The maximum atomic E-state index is 4.25. The van der Waals surface area contributed by atoms with Crippen LogP contribution in [0.2, 0.25) is 0 Å². The van der Waals surface area contributed by atoms with E-state index in [0.717, 1.165) is 36.2 Å². The first kappa shape index (κ1) is 12.8. The Morgan fingerprint density at radius 2 is 2.00 bits per heavy atom. The van der Waals surface area contributed by atoms with Crippen molar-refractivity contribution in [3.05, 3.63) is 54.1 Å². The van der Waals surface area contributed by atoms with Crippen LogP contribution in [-0.4, -0.2) is 21.5 Å². The Hall–Kier alpha value is -2.20. The molecule has 0 amide bonds. The average Bonchev–Trinajstić information content (AvgIpc) is 2.92. The standard InChI is InChI=1S/C16H18N4/c1-2-10-17-12-13-6-5-7-14(11-13)20-16-9-4-3-8-15(16)18-19-20/h3-9,11,17H,2,10,12H2,1H3. The Kier molecular flexibility index (Phi) is 3.74. The van der Waals surface area contributed by atoms with Crippen molar-refractivity contribution in [1.82, 2.24) is 20.3 Å². The topological polar surface area (TPSA) is 42.7 Å². The van der Waals surface area contributed by atoms with Crippen molar-refractivity contribution in [1.29, 1.82) is 0 Å². The zero-order chi connectivity index (χ0) is 13.8. The van der Waals surface area contributed by atoms with E-state index in [1.165, 1.54) is 5.56 Å². The fourth-order valence-electron chi connectivity index (χ4n) is 2.27. The second kappa shape index (κ2) is 5.84.